The standard InChI is InChI=1S/C7H5.ClH.Zn/c1-2-7-5-3-4-6-7;;/h3-7H;1H;/p-1. The molecule has 0 saturated carbocycles. The van der Waals surface area contributed by atoms with E-state index in [1.165, 1.54) is 0 Å². The minimum Gasteiger partial charge on any atom is -1.00 e. The topological polar surface area (TPSA) is 0 Å². The van der Waals surface area contributed by atoms with Crippen molar-refractivity contribution in [3.63, 3.8) is 0 Å². The zero-order valence-electron chi connectivity index (χ0n) is 4.97. The summed E-state index contributed by atoms with van der Waals surface area (Å²) in [4.78, 5) is 0. The van der Waals surface area contributed by atoms with Crippen molar-refractivity contribution in [2.45, 2.75) is 0 Å². The van der Waals surface area contributed by atoms with Gasteiger partial charge >= 0.3 is 0 Å². The average Bonchev–Trinajstić information content (AvgIpc) is 2.14. The summed E-state index contributed by atoms with van der Waals surface area (Å²) in [5.41, 5.74) is 0. The van der Waals surface area contributed by atoms with Crippen molar-refractivity contribution in [1.82, 2.24) is 0 Å². The fourth-order valence-corrected chi connectivity index (χ4v) is 0.528. The Morgan fingerprint density at radius 2 is 1.67 bits per heavy atom. The van der Waals surface area contributed by atoms with Crippen LogP contribution >= 0.6 is 0 Å². The van der Waals surface area contributed by atoms with Gasteiger partial charge in [-0.2, -0.15) is 0 Å². The molecule has 43 valence electrons. The van der Waals surface area contributed by atoms with Crippen LogP contribution in [-0.4, -0.2) is 0 Å². The second kappa shape index (κ2) is 6.08. The summed E-state index contributed by atoms with van der Waals surface area (Å²) >= 11 is 0. The van der Waals surface area contributed by atoms with Crippen molar-refractivity contribution in [1.29, 1.82) is 0 Å². The molecule has 1 rings (SSSR count). The molecule has 9 heavy (non-hydrogen) atoms. The van der Waals surface area contributed by atoms with Crippen molar-refractivity contribution >= 4 is 0 Å². The van der Waals surface area contributed by atoms with E-state index in [4.69, 9.17) is 6.42 Å². The van der Waals surface area contributed by atoms with E-state index in [9.17, 15) is 0 Å². The van der Waals surface area contributed by atoms with Crippen molar-refractivity contribution < 1.29 is 31.9 Å². The van der Waals surface area contributed by atoms with Crippen molar-refractivity contribution in [2.75, 3.05) is 0 Å². The maximum Gasteiger partial charge on any atom is 0.0579 e. The first-order valence-corrected chi connectivity index (χ1v) is 2.21. The average molecular weight is 190 g/mol. The first-order chi connectivity index (χ1) is 3.43. The monoisotopic (exact) mass is 188 g/mol. The number of rotatable bonds is 0. The van der Waals surface area contributed by atoms with Gasteiger partial charge in [0.2, 0.25) is 0 Å². The first kappa shape index (κ1) is 11.7. The minimum atomic E-state index is 0. The molecule has 1 aliphatic rings. The van der Waals surface area contributed by atoms with Crippen molar-refractivity contribution in [3.05, 3.63) is 30.7 Å². The van der Waals surface area contributed by atoms with Gasteiger partial charge in [0.1, 0.15) is 0 Å². The van der Waals surface area contributed by atoms with E-state index in [0.29, 0.717) is 0 Å². The molecule has 1 radical (unpaired) electrons. The zero-order valence-corrected chi connectivity index (χ0v) is 8.69. The van der Waals surface area contributed by atoms with Crippen molar-refractivity contribution in [3.8, 4) is 5.92 Å². The van der Waals surface area contributed by atoms with E-state index in [1.54, 1.807) is 0 Å². The molecule has 0 amide bonds. The Balaban J connectivity index is 0. The van der Waals surface area contributed by atoms with Gasteiger partial charge in [0.05, 0.1) is 5.92 Å². The van der Waals surface area contributed by atoms with Crippen LogP contribution in [0.5, 0.6) is 0 Å². The molecule has 0 saturated heterocycles. The number of halogens is 1. The van der Waals surface area contributed by atoms with Gasteiger partial charge in [0, 0.05) is 19.5 Å². The summed E-state index contributed by atoms with van der Waals surface area (Å²) in [7, 11) is 0. The van der Waals surface area contributed by atoms with Crippen LogP contribution in [0.4, 0.5) is 0 Å². The Labute approximate surface area is 74.6 Å². The van der Waals surface area contributed by atoms with Crippen molar-refractivity contribution in [2.24, 2.45) is 5.92 Å². The Bertz CT molecular complexity index is 141. The molecule has 0 aromatic rings. The van der Waals surface area contributed by atoms with Crippen LogP contribution in [-0.2, 0) is 19.5 Å². The summed E-state index contributed by atoms with van der Waals surface area (Å²) < 4.78 is 0. The molecule has 0 bridgehead atoms. The second-order valence-corrected chi connectivity index (χ2v) is 1.44. The van der Waals surface area contributed by atoms with E-state index in [-0.39, 0.29) is 37.8 Å². The van der Waals surface area contributed by atoms with Gasteiger partial charge in [-0.1, -0.05) is 30.2 Å². The number of hydrogen-bond donors (Lipinski definition) is 0. The van der Waals surface area contributed by atoms with Gasteiger partial charge in [-0.05, 0) is 6.42 Å². The number of allylic oxidation sites excluding steroid dienone is 4. The second-order valence-electron chi connectivity index (χ2n) is 1.44. The van der Waals surface area contributed by atoms with Gasteiger partial charge in [0.25, 0.3) is 0 Å². The molecule has 0 aliphatic heterocycles. The maximum atomic E-state index is 6.65. The largest absolute Gasteiger partial charge is 1.00 e. The molecular weight excluding hydrogens is 185 g/mol. The molecule has 0 fully saturated rings. The maximum absolute atomic E-state index is 6.65. The van der Waals surface area contributed by atoms with Crippen LogP contribution in [0, 0.1) is 18.3 Å². The minimum absolute atomic E-state index is 0. The normalized spacial score (nSPS) is 13.7. The van der Waals surface area contributed by atoms with Gasteiger partial charge in [0.15, 0.2) is 0 Å². The van der Waals surface area contributed by atoms with Gasteiger partial charge in [-0.15, -0.1) is 0 Å². The Morgan fingerprint density at radius 1 is 1.22 bits per heavy atom. The van der Waals surface area contributed by atoms with E-state index >= 15 is 0 Å². The third kappa shape index (κ3) is 3.52. The quantitative estimate of drug-likeness (QED) is 0.316. The first-order valence-electron chi connectivity index (χ1n) is 2.21. The predicted molar refractivity (Wildman–Crippen MR) is 28.9 cm³/mol. The molecule has 1 aliphatic carbocycles. The van der Waals surface area contributed by atoms with E-state index in [0.717, 1.165) is 0 Å². The molecule has 0 heterocycles. The smallest absolute Gasteiger partial charge is 0.0579 e. The van der Waals surface area contributed by atoms with Crippen LogP contribution in [0.15, 0.2) is 24.3 Å². The van der Waals surface area contributed by atoms with Gasteiger partial charge in [-0.25, -0.2) is 0 Å². The molecule has 0 spiro atoms. The fraction of sp³-hybridized carbons (Fsp3) is 0.143. The predicted octanol–water partition coefficient (Wildman–Crippen LogP) is -1.68. The summed E-state index contributed by atoms with van der Waals surface area (Å²) in [6, 6.07) is 0. The molecule has 0 aromatic heterocycles. The molecule has 2 heteroatoms. The van der Waals surface area contributed by atoms with Crippen LogP contribution in [0.2, 0.25) is 0 Å². The van der Waals surface area contributed by atoms with Crippen LogP contribution < -0.4 is 12.4 Å². The third-order valence-electron chi connectivity index (χ3n) is 0.915. The Morgan fingerprint density at radius 3 is 1.89 bits per heavy atom. The molecule has 0 N–H and O–H groups in total. The Hall–Kier alpha value is -0.0466. The molecule has 0 atom stereocenters. The zero-order chi connectivity index (χ0) is 5.11. The molecule has 0 nitrogen and oxygen atoms in total. The Kier molecular flexibility index (Phi) is 7.91. The molecule has 0 unspecified atom stereocenters. The fourth-order valence-electron chi connectivity index (χ4n) is 0.528. The van der Waals surface area contributed by atoms with Gasteiger partial charge < -0.3 is 12.4 Å². The number of hydrogen-bond acceptors (Lipinski definition) is 0. The van der Waals surface area contributed by atoms with E-state index in [2.05, 4.69) is 5.92 Å². The van der Waals surface area contributed by atoms with Gasteiger partial charge in [-0.3, -0.25) is 0 Å². The van der Waals surface area contributed by atoms with E-state index < -0.39 is 0 Å². The molecule has 0 aromatic carbocycles. The van der Waals surface area contributed by atoms with Crippen LogP contribution in [0.3, 0.4) is 0 Å². The third-order valence-corrected chi connectivity index (χ3v) is 0.915. The van der Waals surface area contributed by atoms with Crippen LogP contribution in [0.25, 0.3) is 0 Å². The summed E-state index contributed by atoms with van der Waals surface area (Å²) in [6.07, 6.45) is 14.3. The SMILES string of the molecule is [C]#CC1C=CC=C1.[Cl-].[Zn]. The molecular formula is C7H5ClZn-. The summed E-state index contributed by atoms with van der Waals surface area (Å²) in [6.45, 7) is 0. The van der Waals surface area contributed by atoms with E-state index in [1.807, 2.05) is 24.3 Å². The summed E-state index contributed by atoms with van der Waals surface area (Å²) in [5, 5.41) is 0. The van der Waals surface area contributed by atoms with Crippen LogP contribution in [0.1, 0.15) is 0 Å². The summed E-state index contributed by atoms with van der Waals surface area (Å²) in [5.74, 6) is 2.49.